The average molecular weight is 284 g/mol. The van der Waals surface area contributed by atoms with Crippen molar-refractivity contribution in [3.05, 3.63) is 36.0 Å². The molecule has 0 aliphatic heterocycles. The molecule has 1 heterocycles. The van der Waals surface area contributed by atoms with E-state index in [0.29, 0.717) is 11.8 Å². The smallest absolute Gasteiger partial charge is 0.107 e. The van der Waals surface area contributed by atoms with Gasteiger partial charge in [0.05, 0.1) is 11.6 Å². The van der Waals surface area contributed by atoms with Crippen LogP contribution in [0.1, 0.15) is 18.1 Å². The van der Waals surface area contributed by atoms with E-state index in [4.69, 9.17) is 0 Å². The highest BCUT2D eigenvalue weighted by molar-refractivity contribution is 9.09. The van der Waals surface area contributed by atoms with Gasteiger partial charge in [-0.15, -0.1) is 0 Å². The standard InChI is InChI=1S/C12H14BrNO2/c13-6-4-10(15)12(16)9-3-1-2-8-5-7-14-11(8)9/h1-3,5,7,10,12,14-16H,4,6H2. The van der Waals surface area contributed by atoms with E-state index in [9.17, 15) is 10.2 Å². The molecule has 2 rings (SSSR count). The summed E-state index contributed by atoms with van der Waals surface area (Å²) in [6.07, 6.45) is 0.768. The topological polar surface area (TPSA) is 56.2 Å². The van der Waals surface area contributed by atoms with E-state index < -0.39 is 12.2 Å². The minimum Gasteiger partial charge on any atom is -0.390 e. The quantitative estimate of drug-likeness (QED) is 0.755. The molecule has 2 aromatic rings. The van der Waals surface area contributed by atoms with Crippen molar-refractivity contribution in [1.29, 1.82) is 0 Å². The SMILES string of the molecule is OC(CCBr)C(O)c1cccc2cc[nH]c12. The second-order valence-corrected chi connectivity index (χ2v) is 4.57. The molecule has 0 fully saturated rings. The van der Waals surface area contributed by atoms with Crippen LogP contribution in [0, 0.1) is 0 Å². The van der Waals surface area contributed by atoms with Crippen molar-refractivity contribution in [2.75, 3.05) is 5.33 Å². The molecule has 16 heavy (non-hydrogen) atoms. The van der Waals surface area contributed by atoms with Crippen molar-refractivity contribution in [2.24, 2.45) is 0 Å². The van der Waals surface area contributed by atoms with E-state index in [1.807, 2.05) is 30.5 Å². The third-order valence-electron chi connectivity index (χ3n) is 2.71. The van der Waals surface area contributed by atoms with Gasteiger partial charge in [0.25, 0.3) is 0 Å². The van der Waals surface area contributed by atoms with Gasteiger partial charge < -0.3 is 15.2 Å². The Kier molecular flexibility index (Phi) is 3.63. The summed E-state index contributed by atoms with van der Waals surface area (Å²) >= 11 is 3.25. The number of rotatable bonds is 4. The first kappa shape index (κ1) is 11.6. The number of hydrogen-bond donors (Lipinski definition) is 3. The largest absolute Gasteiger partial charge is 0.390 e. The van der Waals surface area contributed by atoms with Crippen LogP contribution in [0.3, 0.4) is 0 Å². The van der Waals surface area contributed by atoms with Gasteiger partial charge >= 0.3 is 0 Å². The Labute approximate surface area is 102 Å². The Morgan fingerprint density at radius 2 is 2.06 bits per heavy atom. The maximum atomic E-state index is 10.0. The van der Waals surface area contributed by atoms with E-state index in [1.54, 1.807) is 0 Å². The third kappa shape index (κ3) is 2.14. The highest BCUT2D eigenvalue weighted by Crippen LogP contribution is 2.26. The highest BCUT2D eigenvalue weighted by Gasteiger charge is 2.19. The Morgan fingerprint density at radius 3 is 2.81 bits per heavy atom. The number of para-hydroxylation sites is 1. The second kappa shape index (κ2) is 4.99. The van der Waals surface area contributed by atoms with Crippen molar-refractivity contribution in [3.8, 4) is 0 Å². The van der Waals surface area contributed by atoms with Gasteiger partial charge in [-0.25, -0.2) is 0 Å². The van der Waals surface area contributed by atoms with Gasteiger partial charge in [-0.3, -0.25) is 0 Å². The minimum absolute atomic E-state index is 0.526. The lowest BCUT2D eigenvalue weighted by Crippen LogP contribution is -2.18. The fraction of sp³-hybridized carbons (Fsp3) is 0.333. The molecule has 0 aliphatic rings. The summed E-state index contributed by atoms with van der Waals surface area (Å²) in [5.41, 5.74) is 1.64. The van der Waals surface area contributed by atoms with E-state index in [-0.39, 0.29) is 0 Å². The molecule has 1 aromatic carbocycles. The first-order chi connectivity index (χ1) is 7.74. The molecule has 0 spiro atoms. The monoisotopic (exact) mass is 283 g/mol. The summed E-state index contributed by atoms with van der Waals surface area (Å²) in [6, 6.07) is 7.64. The van der Waals surface area contributed by atoms with Crippen molar-refractivity contribution < 1.29 is 10.2 Å². The molecule has 0 saturated heterocycles. The van der Waals surface area contributed by atoms with Crippen molar-refractivity contribution in [2.45, 2.75) is 18.6 Å². The number of H-pyrrole nitrogens is 1. The first-order valence-electron chi connectivity index (χ1n) is 5.22. The zero-order valence-corrected chi connectivity index (χ0v) is 10.3. The molecule has 2 unspecified atom stereocenters. The molecule has 4 heteroatoms. The summed E-state index contributed by atoms with van der Waals surface area (Å²) in [5.74, 6) is 0. The Bertz CT molecular complexity index is 469. The van der Waals surface area contributed by atoms with E-state index >= 15 is 0 Å². The number of aromatic amines is 1. The lowest BCUT2D eigenvalue weighted by molar-refractivity contribution is 0.0181. The third-order valence-corrected chi connectivity index (χ3v) is 3.17. The molecule has 3 N–H and O–H groups in total. The van der Waals surface area contributed by atoms with Crippen LogP contribution in [-0.2, 0) is 0 Å². The number of fused-ring (bicyclic) bond motifs is 1. The number of hydrogen-bond acceptors (Lipinski definition) is 2. The Balaban J connectivity index is 2.35. The summed E-state index contributed by atoms with van der Waals surface area (Å²) in [7, 11) is 0. The van der Waals surface area contributed by atoms with Crippen LogP contribution >= 0.6 is 15.9 Å². The number of benzene rings is 1. The molecular weight excluding hydrogens is 270 g/mol. The molecule has 2 atom stereocenters. The fourth-order valence-corrected chi connectivity index (χ4v) is 2.30. The van der Waals surface area contributed by atoms with Crippen LogP contribution < -0.4 is 0 Å². The van der Waals surface area contributed by atoms with E-state index in [0.717, 1.165) is 16.5 Å². The van der Waals surface area contributed by atoms with Crippen LogP contribution in [0.4, 0.5) is 0 Å². The van der Waals surface area contributed by atoms with Crippen LogP contribution in [0.15, 0.2) is 30.5 Å². The predicted molar refractivity (Wildman–Crippen MR) is 67.7 cm³/mol. The van der Waals surface area contributed by atoms with Gasteiger partial charge in [0, 0.05) is 17.1 Å². The number of halogens is 1. The maximum Gasteiger partial charge on any atom is 0.107 e. The van der Waals surface area contributed by atoms with Crippen molar-refractivity contribution in [3.63, 3.8) is 0 Å². The average Bonchev–Trinajstić information content (AvgIpc) is 2.76. The zero-order chi connectivity index (χ0) is 11.5. The molecule has 0 saturated carbocycles. The lowest BCUT2D eigenvalue weighted by Gasteiger charge is -2.17. The summed E-state index contributed by atoms with van der Waals surface area (Å²) < 4.78 is 0. The molecule has 0 aliphatic carbocycles. The molecular formula is C12H14BrNO2. The molecule has 0 bridgehead atoms. The molecule has 0 amide bonds. The zero-order valence-electron chi connectivity index (χ0n) is 8.73. The predicted octanol–water partition coefficient (Wildman–Crippen LogP) is 2.35. The van der Waals surface area contributed by atoms with Crippen LogP contribution in [0.5, 0.6) is 0 Å². The first-order valence-corrected chi connectivity index (χ1v) is 6.34. The lowest BCUT2D eigenvalue weighted by atomic mass is 10.0. The summed E-state index contributed by atoms with van der Waals surface area (Å²) in [5, 5.41) is 21.5. The number of aliphatic hydroxyl groups is 2. The van der Waals surface area contributed by atoms with Gasteiger partial charge in [0.1, 0.15) is 6.10 Å². The van der Waals surface area contributed by atoms with Crippen LogP contribution in [0.2, 0.25) is 0 Å². The Morgan fingerprint density at radius 1 is 1.25 bits per heavy atom. The van der Waals surface area contributed by atoms with Crippen molar-refractivity contribution in [1.82, 2.24) is 4.98 Å². The molecule has 1 aromatic heterocycles. The van der Waals surface area contributed by atoms with Gasteiger partial charge in [-0.05, 0) is 17.9 Å². The van der Waals surface area contributed by atoms with Crippen molar-refractivity contribution >= 4 is 26.8 Å². The molecule has 3 nitrogen and oxygen atoms in total. The maximum absolute atomic E-state index is 10.0. The van der Waals surface area contributed by atoms with Gasteiger partial charge in [-0.1, -0.05) is 34.1 Å². The van der Waals surface area contributed by atoms with E-state index in [1.165, 1.54) is 0 Å². The normalized spacial score (nSPS) is 15.2. The van der Waals surface area contributed by atoms with Crippen LogP contribution in [0.25, 0.3) is 10.9 Å². The number of aliphatic hydroxyl groups excluding tert-OH is 2. The minimum atomic E-state index is -0.847. The van der Waals surface area contributed by atoms with Crippen LogP contribution in [-0.4, -0.2) is 26.6 Å². The molecule has 0 radical (unpaired) electrons. The second-order valence-electron chi connectivity index (χ2n) is 3.78. The summed E-state index contributed by atoms with van der Waals surface area (Å²) in [6.45, 7) is 0. The highest BCUT2D eigenvalue weighted by atomic mass is 79.9. The fourth-order valence-electron chi connectivity index (χ4n) is 1.83. The van der Waals surface area contributed by atoms with Gasteiger partial charge in [0.15, 0.2) is 0 Å². The number of aromatic nitrogens is 1. The number of nitrogens with one attached hydrogen (secondary N) is 1. The Hall–Kier alpha value is -0.840. The van der Waals surface area contributed by atoms with E-state index in [2.05, 4.69) is 20.9 Å². The summed E-state index contributed by atoms with van der Waals surface area (Å²) in [4.78, 5) is 3.08. The van der Waals surface area contributed by atoms with Gasteiger partial charge in [0.2, 0.25) is 0 Å². The van der Waals surface area contributed by atoms with Gasteiger partial charge in [-0.2, -0.15) is 0 Å². The molecule has 86 valence electrons. The number of alkyl halides is 1.